The predicted molar refractivity (Wildman–Crippen MR) is 113 cm³/mol. The van der Waals surface area contributed by atoms with Crippen molar-refractivity contribution in [3.63, 3.8) is 0 Å². The molecule has 156 valence electrons. The monoisotopic (exact) mass is 396 g/mol. The Morgan fingerprint density at radius 3 is 2.59 bits per heavy atom. The highest BCUT2D eigenvalue weighted by molar-refractivity contribution is 6.00. The molecule has 1 N–H and O–H groups in total. The summed E-state index contributed by atoms with van der Waals surface area (Å²) in [6.45, 7) is 6.13. The van der Waals surface area contributed by atoms with Gasteiger partial charge in [-0.05, 0) is 58.1 Å². The molecule has 0 saturated carbocycles. The van der Waals surface area contributed by atoms with Crippen molar-refractivity contribution in [2.75, 3.05) is 0 Å². The van der Waals surface area contributed by atoms with Gasteiger partial charge in [-0.25, -0.2) is 4.98 Å². The van der Waals surface area contributed by atoms with Gasteiger partial charge in [0.1, 0.15) is 5.65 Å². The number of aromatic nitrogens is 2. The number of rotatable bonds is 6. The second-order valence-electron chi connectivity index (χ2n) is 8.75. The van der Waals surface area contributed by atoms with Crippen molar-refractivity contribution in [1.29, 1.82) is 0 Å². The SMILES string of the molecule is CCCCCC(=O)N1C2CCC1CC(NC(=O)c1ccn3c(C)cc(C)nc13)C2. The molecule has 2 aliphatic heterocycles. The minimum atomic E-state index is -0.0582. The number of carbonyl (C=O) groups excluding carboxylic acids is 2. The summed E-state index contributed by atoms with van der Waals surface area (Å²) in [6.07, 6.45) is 9.66. The van der Waals surface area contributed by atoms with Crippen molar-refractivity contribution in [2.45, 2.75) is 90.3 Å². The molecule has 2 unspecified atom stereocenters. The minimum absolute atomic E-state index is 0.0582. The molecule has 2 bridgehead atoms. The van der Waals surface area contributed by atoms with Crippen LogP contribution in [0.15, 0.2) is 18.3 Å². The molecule has 2 saturated heterocycles. The van der Waals surface area contributed by atoms with E-state index in [-0.39, 0.29) is 24.0 Å². The lowest BCUT2D eigenvalue weighted by atomic mass is 9.96. The Morgan fingerprint density at radius 1 is 1.17 bits per heavy atom. The second-order valence-corrected chi connectivity index (χ2v) is 8.75. The number of unbranched alkanes of at least 4 members (excludes halogenated alkanes) is 2. The van der Waals surface area contributed by atoms with Gasteiger partial charge in [0.25, 0.3) is 5.91 Å². The molecule has 6 nitrogen and oxygen atoms in total. The molecule has 0 aliphatic carbocycles. The number of amides is 2. The number of hydrogen-bond donors (Lipinski definition) is 1. The maximum Gasteiger partial charge on any atom is 0.255 e. The van der Waals surface area contributed by atoms with Crippen LogP contribution in [0.3, 0.4) is 0 Å². The molecule has 2 fully saturated rings. The average molecular weight is 397 g/mol. The molecule has 0 spiro atoms. The summed E-state index contributed by atoms with van der Waals surface area (Å²) in [5.41, 5.74) is 3.32. The van der Waals surface area contributed by atoms with Crippen molar-refractivity contribution in [3.05, 3.63) is 35.3 Å². The first-order valence-corrected chi connectivity index (χ1v) is 11.0. The minimum Gasteiger partial charge on any atom is -0.349 e. The molecule has 4 heterocycles. The molecule has 2 amide bonds. The number of aryl methyl sites for hydroxylation is 2. The molecule has 2 aromatic rings. The summed E-state index contributed by atoms with van der Waals surface area (Å²) >= 11 is 0. The lowest BCUT2D eigenvalue weighted by molar-refractivity contribution is -0.136. The maximum absolute atomic E-state index is 13.0. The molecule has 0 radical (unpaired) electrons. The van der Waals surface area contributed by atoms with Gasteiger partial charge in [-0.15, -0.1) is 0 Å². The summed E-state index contributed by atoms with van der Waals surface area (Å²) < 4.78 is 1.96. The van der Waals surface area contributed by atoms with Crippen molar-refractivity contribution in [2.24, 2.45) is 0 Å². The molecule has 4 rings (SSSR count). The molecular formula is C23H32N4O2. The van der Waals surface area contributed by atoms with Gasteiger partial charge < -0.3 is 14.6 Å². The number of carbonyl (C=O) groups is 2. The van der Waals surface area contributed by atoms with Crippen LogP contribution in [0.4, 0.5) is 0 Å². The first-order chi connectivity index (χ1) is 14.0. The predicted octanol–water partition coefficient (Wildman–Crippen LogP) is 3.78. The van der Waals surface area contributed by atoms with E-state index in [0.29, 0.717) is 23.5 Å². The molecule has 29 heavy (non-hydrogen) atoms. The molecule has 2 atom stereocenters. The van der Waals surface area contributed by atoms with Gasteiger partial charge in [-0.3, -0.25) is 9.59 Å². The Kier molecular flexibility index (Phi) is 5.61. The van der Waals surface area contributed by atoms with Gasteiger partial charge in [0.05, 0.1) is 5.56 Å². The van der Waals surface area contributed by atoms with E-state index in [2.05, 4.69) is 22.1 Å². The van der Waals surface area contributed by atoms with Crippen molar-refractivity contribution in [1.82, 2.24) is 19.6 Å². The van der Waals surface area contributed by atoms with Crippen LogP contribution in [0.25, 0.3) is 5.65 Å². The fourth-order valence-electron chi connectivity index (χ4n) is 5.19. The Morgan fingerprint density at radius 2 is 1.90 bits per heavy atom. The highest BCUT2D eigenvalue weighted by Crippen LogP contribution is 2.36. The number of fused-ring (bicyclic) bond motifs is 3. The third-order valence-corrected chi connectivity index (χ3v) is 6.53. The summed E-state index contributed by atoms with van der Waals surface area (Å²) in [6, 6.07) is 4.55. The van der Waals surface area contributed by atoms with Gasteiger partial charge in [-0.2, -0.15) is 0 Å². The van der Waals surface area contributed by atoms with Gasteiger partial charge in [0.2, 0.25) is 5.91 Å². The van der Waals surface area contributed by atoms with Crippen molar-refractivity contribution < 1.29 is 9.59 Å². The van der Waals surface area contributed by atoms with Crippen LogP contribution >= 0.6 is 0 Å². The summed E-state index contributed by atoms with van der Waals surface area (Å²) in [4.78, 5) is 32.4. The van der Waals surface area contributed by atoms with Crippen LogP contribution in [-0.2, 0) is 4.79 Å². The van der Waals surface area contributed by atoms with Crippen molar-refractivity contribution in [3.8, 4) is 0 Å². The van der Waals surface area contributed by atoms with Crippen LogP contribution in [0.2, 0.25) is 0 Å². The van der Waals surface area contributed by atoms with Crippen LogP contribution in [0, 0.1) is 13.8 Å². The first-order valence-electron chi connectivity index (χ1n) is 11.0. The second kappa shape index (κ2) is 8.17. The maximum atomic E-state index is 13.0. The van der Waals surface area contributed by atoms with Crippen LogP contribution in [0.5, 0.6) is 0 Å². The highest BCUT2D eigenvalue weighted by Gasteiger charge is 2.43. The number of hydrogen-bond acceptors (Lipinski definition) is 3. The Labute approximate surface area is 172 Å². The number of piperidine rings is 1. The van der Waals surface area contributed by atoms with Crippen LogP contribution in [0.1, 0.15) is 80.0 Å². The summed E-state index contributed by atoms with van der Waals surface area (Å²) in [5.74, 6) is 0.251. The zero-order chi connectivity index (χ0) is 20.5. The van der Waals surface area contributed by atoms with E-state index in [1.807, 2.05) is 36.6 Å². The van der Waals surface area contributed by atoms with E-state index < -0.39 is 0 Å². The van der Waals surface area contributed by atoms with E-state index in [9.17, 15) is 9.59 Å². The standard InChI is InChI=1S/C23H32N4O2/c1-4-5-6-7-21(28)27-18-8-9-19(27)14-17(13-18)25-23(29)20-10-11-26-16(3)12-15(2)24-22(20)26/h10-12,17-19H,4-9,13-14H2,1-3H3,(H,25,29). The lowest BCUT2D eigenvalue weighted by Gasteiger charge is -2.39. The van der Waals surface area contributed by atoms with E-state index >= 15 is 0 Å². The van der Waals surface area contributed by atoms with E-state index in [0.717, 1.165) is 56.3 Å². The van der Waals surface area contributed by atoms with E-state index in [1.165, 1.54) is 0 Å². The molecule has 0 aromatic carbocycles. The Balaban J connectivity index is 1.42. The normalized spacial score (nSPS) is 23.6. The molecular weight excluding hydrogens is 364 g/mol. The van der Waals surface area contributed by atoms with Gasteiger partial charge in [0.15, 0.2) is 0 Å². The Bertz CT molecular complexity index is 905. The smallest absolute Gasteiger partial charge is 0.255 e. The third kappa shape index (κ3) is 3.89. The van der Waals surface area contributed by atoms with Crippen molar-refractivity contribution >= 4 is 17.5 Å². The largest absolute Gasteiger partial charge is 0.349 e. The molecule has 2 aliphatic rings. The lowest BCUT2D eigenvalue weighted by Crippen LogP contribution is -2.52. The molecule has 2 aromatic heterocycles. The highest BCUT2D eigenvalue weighted by atomic mass is 16.2. The fourth-order valence-corrected chi connectivity index (χ4v) is 5.19. The van der Waals surface area contributed by atoms with Crippen LogP contribution < -0.4 is 5.32 Å². The third-order valence-electron chi connectivity index (χ3n) is 6.53. The van der Waals surface area contributed by atoms with Gasteiger partial charge in [-0.1, -0.05) is 19.8 Å². The average Bonchev–Trinajstić information content (AvgIpc) is 3.21. The van der Waals surface area contributed by atoms with E-state index in [1.54, 1.807) is 0 Å². The van der Waals surface area contributed by atoms with Gasteiger partial charge in [0, 0.05) is 42.1 Å². The van der Waals surface area contributed by atoms with Gasteiger partial charge >= 0.3 is 0 Å². The zero-order valence-corrected chi connectivity index (χ0v) is 17.8. The first kappa shape index (κ1) is 19.9. The number of nitrogens with zero attached hydrogens (tertiary/aromatic N) is 3. The fraction of sp³-hybridized carbons (Fsp3) is 0.609. The quantitative estimate of drug-likeness (QED) is 0.756. The Hall–Kier alpha value is -2.37. The molecule has 6 heteroatoms. The van der Waals surface area contributed by atoms with E-state index in [4.69, 9.17) is 0 Å². The zero-order valence-electron chi connectivity index (χ0n) is 17.8. The van der Waals surface area contributed by atoms with Crippen LogP contribution in [-0.4, -0.2) is 44.2 Å². The summed E-state index contributed by atoms with van der Waals surface area (Å²) in [5, 5.41) is 3.23. The number of nitrogens with one attached hydrogen (secondary N) is 1. The summed E-state index contributed by atoms with van der Waals surface area (Å²) in [7, 11) is 0. The topological polar surface area (TPSA) is 66.7 Å².